The summed E-state index contributed by atoms with van der Waals surface area (Å²) in [6.45, 7) is 7.31. The van der Waals surface area contributed by atoms with Crippen LogP contribution in [0.1, 0.15) is 31.5 Å². The van der Waals surface area contributed by atoms with E-state index in [0.717, 1.165) is 53.2 Å². The van der Waals surface area contributed by atoms with E-state index in [1.54, 1.807) is 14.2 Å². The van der Waals surface area contributed by atoms with Gasteiger partial charge in [0.15, 0.2) is 0 Å². The number of hydrogen-bond acceptors (Lipinski definition) is 4. The molecule has 0 unspecified atom stereocenters. The third-order valence-corrected chi connectivity index (χ3v) is 3.73. The first kappa shape index (κ1) is 15.4. The van der Waals surface area contributed by atoms with Crippen molar-refractivity contribution in [1.82, 2.24) is 4.98 Å². The molecular formula is C17H24N2O2. The van der Waals surface area contributed by atoms with Crippen LogP contribution >= 0.6 is 0 Å². The molecule has 0 amide bonds. The number of pyridine rings is 1. The molecule has 0 bridgehead atoms. The van der Waals surface area contributed by atoms with Gasteiger partial charge >= 0.3 is 0 Å². The molecule has 0 aliphatic heterocycles. The average molecular weight is 288 g/mol. The van der Waals surface area contributed by atoms with Gasteiger partial charge < -0.3 is 14.8 Å². The maximum atomic E-state index is 5.54. The Bertz CT molecular complexity index is 638. The summed E-state index contributed by atoms with van der Waals surface area (Å²) in [4.78, 5) is 4.80. The van der Waals surface area contributed by atoms with E-state index < -0.39 is 0 Å². The lowest BCUT2D eigenvalue weighted by Crippen LogP contribution is -2.07. The Hall–Kier alpha value is -1.97. The summed E-state index contributed by atoms with van der Waals surface area (Å²) < 4.78 is 11.0. The van der Waals surface area contributed by atoms with Crippen LogP contribution in [0.25, 0.3) is 10.9 Å². The van der Waals surface area contributed by atoms with Crippen LogP contribution in [-0.2, 0) is 6.42 Å². The second kappa shape index (κ2) is 6.66. The number of methoxy groups -OCH3 is 2. The molecule has 0 spiro atoms. The maximum Gasteiger partial charge on any atom is 0.145 e. The van der Waals surface area contributed by atoms with E-state index in [-0.39, 0.29) is 0 Å². The highest BCUT2D eigenvalue weighted by Crippen LogP contribution is 2.39. The molecule has 4 heteroatoms. The fourth-order valence-electron chi connectivity index (χ4n) is 2.61. The smallest absolute Gasteiger partial charge is 0.145 e. The molecule has 1 aromatic carbocycles. The molecular weight excluding hydrogens is 264 g/mol. The van der Waals surface area contributed by atoms with Crippen LogP contribution in [0.2, 0.25) is 0 Å². The highest BCUT2D eigenvalue weighted by Gasteiger charge is 2.17. The topological polar surface area (TPSA) is 43.4 Å². The van der Waals surface area contributed by atoms with E-state index in [2.05, 4.69) is 26.1 Å². The summed E-state index contributed by atoms with van der Waals surface area (Å²) >= 11 is 0. The van der Waals surface area contributed by atoms with Gasteiger partial charge in [-0.3, -0.25) is 0 Å². The quantitative estimate of drug-likeness (QED) is 0.874. The predicted molar refractivity (Wildman–Crippen MR) is 87.7 cm³/mol. The van der Waals surface area contributed by atoms with Crippen LogP contribution in [0.15, 0.2) is 12.1 Å². The third kappa shape index (κ3) is 2.75. The number of nitrogens with zero attached hydrogens (tertiary/aromatic N) is 1. The van der Waals surface area contributed by atoms with Gasteiger partial charge in [-0.1, -0.05) is 13.8 Å². The molecule has 0 atom stereocenters. The minimum atomic E-state index is 0.778. The minimum absolute atomic E-state index is 0.778. The summed E-state index contributed by atoms with van der Waals surface area (Å²) in [6, 6.07) is 3.84. The first-order valence-electron chi connectivity index (χ1n) is 7.45. The van der Waals surface area contributed by atoms with Crippen LogP contribution in [0.5, 0.6) is 11.5 Å². The van der Waals surface area contributed by atoms with Gasteiger partial charge in [-0.25, -0.2) is 4.98 Å². The second-order valence-electron chi connectivity index (χ2n) is 5.03. The van der Waals surface area contributed by atoms with E-state index >= 15 is 0 Å². The zero-order chi connectivity index (χ0) is 15.4. The van der Waals surface area contributed by atoms with Crippen molar-refractivity contribution < 1.29 is 9.47 Å². The van der Waals surface area contributed by atoms with Gasteiger partial charge in [0.1, 0.15) is 17.0 Å². The number of aromatic nitrogens is 1. The molecule has 1 heterocycles. The number of ether oxygens (including phenoxy) is 2. The Morgan fingerprint density at radius 3 is 2.33 bits per heavy atom. The van der Waals surface area contributed by atoms with Crippen molar-refractivity contribution >= 4 is 16.6 Å². The van der Waals surface area contributed by atoms with Gasteiger partial charge in [-0.05, 0) is 37.5 Å². The summed E-state index contributed by atoms with van der Waals surface area (Å²) in [5, 5.41) is 4.53. The molecule has 0 saturated heterocycles. The SMILES string of the molecule is CCCNc1c(C)c(CC)nc2c(OC)ccc(OC)c12. The maximum absolute atomic E-state index is 5.54. The molecule has 0 aliphatic carbocycles. The number of aryl methyl sites for hydroxylation is 1. The minimum Gasteiger partial charge on any atom is -0.496 e. The molecule has 2 aromatic rings. The molecule has 0 fully saturated rings. The zero-order valence-corrected chi connectivity index (χ0v) is 13.5. The Kier molecular flexibility index (Phi) is 4.89. The van der Waals surface area contributed by atoms with Gasteiger partial charge in [0.25, 0.3) is 0 Å². The number of nitrogens with one attached hydrogen (secondary N) is 1. The normalized spacial score (nSPS) is 10.7. The standard InChI is InChI=1S/C17H24N2O2/c1-6-10-18-16-11(3)12(7-2)19-17-14(21-5)9-8-13(20-4)15(16)17/h8-9H,6-7,10H2,1-5H3,(H,18,19). The monoisotopic (exact) mass is 288 g/mol. The predicted octanol–water partition coefficient (Wildman–Crippen LogP) is 3.94. The first-order chi connectivity index (χ1) is 10.2. The van der Waals surface area contributed by atoms with Crippen LogP contribution in [0, 0.1) is 6.92 Å². The van der Waals surface area contributed by atoms with Crippen LogP contribution in [-0.4, -0.2) is 25.7 Å². The van der Waals surface area contributed by atoms with Crippen LogP contribution in [0.4, 0.5) is 5.69 Å². The van der Waals surface area contributed by atoms with Crippen molar-refractivity contribution in [2.45, 2.75) is 33.6 Å². The molecule has 4 nitrogen and oxygen atoms in total. The number of hydrogen-bond donors (Lipinski definition) is 1. The lowest BCUT2D eigenvalue weighted by Gasteiger charge is -2.18. The number of rotatable bonds is 6. The van der Waals surface area contributed by atoms with Gasteiger partial charge in [-0.2, -0.15) is 0 Å². The Morgan fingerprint density at radius 1 is 1.10 bits per heavy atom. The van der Waals surface area contributed by atoms with Crippen molar-refractivity contribution in [3.8, 4) is 11.5 Å². The van der Waals surface area contributed by atoms with E-state index in [1.165, 1.54) is 5.56 Å². The fourth-order valence-corrected chi connectivity index (χ4v) is 2.61. The average Bonchev–Trinajstić information content (AvgIpc) is 2.52. The fraction of sp³-hybridized carbons (Fsp3) is 0.471. The Labute approximate surface area is 126 Å². The number of fused-ring (bicyclic) bond motifs is 1. The van der Waals surface area contributed by atoms with E-state index in [0.29, 0.717) is 0 Å². The summed E-state index contributed by atoms with van der Waals surface area (Å²) in [5.41, 5.74) is 4.24. The highest BCUT2D eigenvalue weighted by molar-refractivity contribution is 6.01. The van der Waals surface area contributed by atoms with E-state index in [4.69, 9.17) is 14.5 Å². The van der Waals surface area contributed by atoms with E-state index in [9.17, 15) is 0 Å². The number of anilines is 1. The summed E-state index contributed by atoms with van der Waals surface area (Å²) in [5.74, 6) is 1.60. The molecule has 2 rings (SSSR count). The highest BCUT2D eigenvalue weighted by atomic mass is 16.5. The van der Waals surface area contributed by atoms with Crippen molar-refractivity contribution in [3.05, 3.63) is 23.4 Å². The molecule has 0 saturated carbocycles. The van der Waals surface area contributed by atoms with Gasteiger partial charge in [0.05, 0.1) is 25.3 Å². The molecule has 1 N–H and O–H groups in total. The zero-order valence-electron chi connectivity index (χ0n) is 13.5. The molecule has 0 radical (unpaired) electrons. The lowest BCUT2D eigenvalue weighted by molar-refractivity contribution is 0.409. The Balaban J connectivity index is 2.83. The third-order valence-electron chi connectivity index (χ3n) is 3.73. The van der Waals surface area contributed by atoms with Gasteiger partial charge in [0, 0.05) is 12.2 Å². The molecule has 0 aliphatic rings. The summed E-state index contributed by atoms with van der Waals surface area (Å²) in [7, 11) is 3.36. The first-order valence-corrected chi connectivity index (χ1v) is 7.45. The second-order valence-corrected chi connectivity index (χ2v) is 5.03. The Morgan fingerprint density at radius 2 is 1.76 bits per heavy atom. The largest absolute Gasteiger partial charge is 0.496 e. The van der Waals surface area contributed by atoms with E-state index in [1.807, 2.05) is 12.1 Å². The van der Waals surface area contributed by atoms with Crippen molar-refractivity contribution in [2.75, 3.05) is 26.1 Å². The van der Waals surface area contributed by atoms with Crippen molar-refractivity contribution in [3.63, 3.8) is 0 Å². The van der Waals surface area contributed by atoms with Gasteiger partial charge in [0.2, 0.25) is 0 Å². The van der Waals surface area contributed by atoms with Crippen LogP contribution in [0.3, 0.4) is 0 Å². The van der Waals surface area contributed by atoms with Crippen molar-refractivity contribution in [1.29, 1.82) is 0 Å². The molecule has 21 heavy (non-hydrogen) atoms. The number of benzene rings is 1. The summed E-state index contributed by atoms with van der Waals surface area (Å²) in [6.07, 6.45) is 1.96. The van der Waals surface area contributed by atoms with Gasteiger partial charge in [-0.15, -0.1) is 0 Å². The lowest BCUT2D eigenvalue weighted by atomic mass is 10.0. The molecule has 114 valence electrons. The van der Waals surface area contributed by atoms with Crippen molar-refractivity contribution in [2.24, 2.45) is 0 Å². The van der Waals surface area contributed by atoms with Crippen LogP contribution < -0.4 is 14.8 Å². The molecule has 1 aromatic heterocycles.